The molecule has 0 aromatic carbocycles. The number of nitrogens with zero attached hydrogens (tertiary/aromatic N) is 3. The number of halogens is 1. The Balaban J connectivity index is 1.55. The highest BCUT2D eigenvalue weighted by molar-refractivity contribution is 9.11. The molecule has 3 heterocycles. The highest BCUT2D eigenvalue weighted by atomic mass is 79.9. The Morgan fingerprint density at radius 3 is 2.68 bits per heavy atom. The first-order valence-electron chi connectivity index (χ1n) is 8.03. The van der Waals surface area contributed by atoms with E-state index in [1.807, 2.05) is 13.0 Å². The molecule has 0 unspecified atom stereocenters. The predicted molar refractivity (Wildman–Crippen MR) is 104 cm³/mol. The van der Waals surface area contributed by atoms with E-state index in [9.17, 15) is 8.42 Å². The maximum Gasteiger partial charge on any atom is 0.250 e. The molecule has 0 saturated carbocycles. The molecule has 1 aliphatic heterocycles. The minimum absolute atomic E-state index is 0.258. The quantitative estimate of drug-likeness (QED) is 0.636. The lowest BCUT2D eigenvalue weighted by molar-refractivity contribution is 0.585. The van der Waals surface area contributed by atoms with Crippen LogP contribution in [0.2, 0.25) is 0 Å². The van der Waals surface area contributed by atoms with Gasteiger partial charge in [0.1, 0.15) is 10.0 Å². The van der Waals surface area contributed by atoms with Crippen LogP contribution in [-0.4, -0.2) is 44.6 Å². The van der Waals surface area contributed by atoms with Crippen LogP contribution in [0.3, 0.4) is 0 Å². The van der Waals surface area contributed by atoms with Crippen molar-refractivity contribution in [1.29, 1.82) is 0 Å². The molecular formula is C15H20BrN5O2S2. The zero-order valence-electron chi connectivity index (χ0n) is 13.8. The van der Waals surface area contributed by atoms with Crippen molar-refractivity contribution >= 4 is 49.1 Å². The molecule has 3 rings (SSSR count). The SMILES string of the molecule is Cc1cc(N2CCCC2)nc(NCCNS(=O)(=O)c2ccc(Br)s2)n1. The van der Waals surface area contributed by atoms with E-state index < -0.39 is 10.0 Å². The van der Waals surface area contributed by atoms with E-state index in [0.717, 1.165) is 28.4 Å². The zero-order chi connectivity index (χ0) is 17.9. The fourth-order valence-corrected chi connectivity index (χ4v) is 5.70. The Hall–Kier alpha value is -1.23. The van der Waals surface area contributed by atoms with E-state index >= 15 is 0 Å². The second-order valence-corrected chi connectivity index (χ2v) is 10.2. The summed E-state index contributed by atoms with van der Waals surface area (Å²) in [6, 6.07) is 5.28. The van der Waals surface area contributed by atoms with Crippen molar-refractivity contribution < 1.29 is 8.42 Å². The lowest BCUT2D eigenvalue weighted by atomic mass is 10.4. The van der Waals surface area contributed by atoms with Gasteiger partial charge >= 0.3 is 0 Å². The zero-order valence-corrected chi connectivity index (χ0v) is 17.0. The van der Waals surface area contributed by atoms with Gasteiger partial charge in [0.05, 0.1) is 3.79 Å². The number of aromatic nitrogens is 2. The van der Waals surface area contributed by atoms with Gasteiger partial charge in [0.2, 0.25) is 16.0 Å². The minimum Gasteiger partial charge on any atom is -0.356 e. The Bertz CT molecular complexity index is 834. The van der Waals surface area contributed by atoms with Crippen LogP contribution in [0.1, 0.15) is 18.5 Å². The second kappa shape index (κ2) is 7.98. The summed E-state index contributed by atoms with van der Waals surface area (Å²) >= 11 is 4.45. The number of aryl methyl sites for hydroxylation is 1. The summed E-state index contributed by atoms with van der Waals surface area (Å²) in [7, 11) is -3.47. The first-order valence-corrected chi connectivity index (χ1v) is 11.1. The van der Waals surface area contributed by atoms with Crippen molar-refractivity contribution in [2.45, 2.75) is 24.0 Å². The van der Waals surface area contributed by atoms with Crippen molar-refractivity contribution in [2.24, 2.45) is 0 Å². The topological polar surface area (TPSA) is 87.2 Å². The van der Waals surface area contributed by atoms with E-state index in [-0.39, 0.29) is 6.54 Å². The molecule has 1 saturated heterocycles. The minimum atomic E-state index is -3.47. The molecule has 0 radical (unpaired) electrons. The summed E-state index contributed by atoms with van der Waals surface area (Å²) in [5.74, 6) is 1.46. The third-order valence-electron chi connectivity index (χ3n) is 3.78. The molecule has 0 amide bonds. The maximum atomic E-state index is 12.2. The number of thiophene rings is 1. The van der Waals surface area contributed by atoms with Gasteiger partial charge in [-0.05, 0) is 47.8 Å². The number of anilines is 2. The fraction of sp³-hybridized carbons (Fsp3) is 0.467. The van der Waals surface area contributed by atoms with Crippen LogP contribution in [0.15, 0.2) is 26.2 Å². The molecule has 2 aromatic rings. The van der Waals surface area contributed by atoms with E-state index in [2.05, 4.69) is 40.8 Å². The third kappa shape index (κ3) is 4.90. The van der Waals surface area contributed by atoms with Gasteiger partial charge in [-0.1, -0.05) is 0 Å². The largest absolute Gasteiger partial charge is 0.356 e. The summed E-state index contributed by atoms with van der Waals surface area (Å²) in [4.78, 5) is 11.2. The van der Waals surface area contributed by atoms with Crippen LogP contribution in [-0.2, 0) is 10.0 Å². The van der Waals surface area contributed by atoms with Gasteiger partial charge in [-0.2, -0.15) is 4.98 Å². The van der Waals surface area contributed by atoms with E-state index in [4.69, 9.17) is 0 Å². The summed E-state index contributed by atoms with van der Waals surface area (Å²) in [6.45, 7) is 4.64. The molecule has 10 heteroatoms. The number of hydrogen-bond donors (Lipinski definition) is 2. The summed E-state index contributed by atoms with van der Waals surface area (Å²) < 4.78 is 28.0. The van der Waals surface area contributed by atoms with Crippen LogP contribution in [0.4, 0.5) is 11.8 Å². The Morgan fingerprint density at radius 1 is 1.24 bits per heavy atom. The number of rotatable bonds is 7. The van der Waals surface area contributed by atoms with Crippen LogP contribution in [0, 0.1) is 6.92 Å². The normalized spacial score (nSPS) is 14.9. The van der Waals surface area contributed by atoms with Gasteiger partial charge in [0, 0.05) is 37.9 Å². The van der Waals surface area contributed by atoms with Crippen molar-refractivity contribution in [2.75, 3.05) is 36.4 Å². The summed E-state index contributed by atoms with van der Waals surface area (Å²) in [5, 5.41) is 3.10. The molecule has 25 heavy (non-hydrogen) atoms. The van der Waals surface area contributed by atoms with Crippen LogP contribution >= 0.6 is 27.3 Å². The summed E-state index contributed by atoms with van der Waals surface area (Å²) in [6.07, 6.45) is 2.37. The number of sulfonamides is 1. The van der Waals surface area contributed by atoms with Crippen molar-refractivity contribution in [1.82, 2.24) is 14.7 Å². The highest BCUT2D eigenvalue weighted by Gasteiger charge is 2.17. The number of hydrogen-bond acceptors (Lipinski definition) is 7. The lowest BCUT2D eigenvalue weighted by Crippen LogP contribution is -2.29. The molecule has 0 spiro atoms. The van der Waals surface area contributed by atoms with Gasteiger partial charge in [0.25, 0.3) is 0 Å². The molecular weight excluding hydrogens is 426 g/mol. The summed E-state index contributed by atoms with van der Waals surface area (Å²) in [5.41, 5.74) is 0.892. The van der Waals surface area contributed by atoms with Crippen molar-refractivity contribution in [3.8, 4) is 0 Å². The monoisotopic (exact) mass is 445 g/mol. The van der Waals surface area contributed by atoms with Crippen LogP contribution in [0.25, 0.3) is 0 Å². The maximum absolute atomic E-state index is 12.2. The van der Waals surface area contributed by atoms with E-state index in [1.54, 1.807) is 12.1 Å². The predicted octanol–water partition coefficient (Wildman–Crippen LogP) is 2.60. The Labute approximate surface area is 160 Å². The Morgan fingerprint density at radius 2 is 2.00 bits per heavy atom. The van der Waals surface area contributed by atoms with E-state index in [1.165, 1.54) is 24.2 Å². The molecule has 2 N–H and O–H groups in total. The van der Waals surface area contributed by atoms with E-state index in [0.29, 0.717) is 16.7 Å². The molecule has 0 atom stereocenters. The molecule has 1 aliphatic rings. The smallest absolute Gasteiger partial charge is 0.250 e. The highest BCUT2D eigenvalue weighted by Crippen LogP contribution is 2.25. The molecule has 136 valence electrons. The average Bonchev–Trinajstić information content (AvgIpc) is 3.23. The third-order valence-corrected chi connectivity index (χ3v) is 7.36. The molecule has 1 fully saturated rings. The van der Waals surface area contributed by atoms with Gasteiger partial charge in [-0.3, -0.25) is 0 Å². The first kappa shape index (κ1) is 18.6. The van der Waals surface area contributed by atoms with Gasteiger partial charge in [-0.15, -0.1) is 11.3 Å². The lowest BCUT2D eigenvalue weighted by Gasteiger charge is -2.17. The average molecular weight is 446 g/mol. The fourth-order valence-electron chi connectivity index (χ4n) is 2.61. The van der Waals surface area contributed by atoms with Gasteiger partial charge in [0.15, 0.2) is 0 Å². The standard InChI is InChI=1S/C15H20BrN5O2S2/c1-11-10-13(21-8-2-3-9-21)20-15(19-11)17-6-7-18-25(22,23)14-5-4-12(16)24-14/h4-5,10,18H,2-3,6-9H2,1H3,(H,17,19,20). The van der Waals surface area contributed by atoms with Crippen molar-refractivity contribution in [3.05, 3.63) is 27.7 Å². The molecule has 0 aliphatic carbocycles. The van der Waals surface area contributed by atoms with Crippen LogP contribution < -0.4 is 14.9 Å². The van der Waals surface area contributed by atoms with Gasteiger partial charge < -0.3 is 10.2 Å². The molecule has 2 aromatic heterocycles. The second-order valence-electron chi connectivity index (χ2n) is 5.77. The van der Waals surface area contributed by atoms with Gasteiger partial charge in [-0.25, -0.2) is 18.1 Å². The Kier molecular flexibility index (Phi) is 5.92. The first-order chi connectivity index (χ1) is 11.9. The molecule has 7 nitrogen and oxygen atoms in total. The van der Waals surface area contributed by atoms with Crippen molar-refractivity contribution in [3.63, 3.8) is 0 Å². The molecule has 0 bridgehead atoms. The number of nitrogens with one attached hydrogen (secondary N) is 2. The van der Waals surface area contributed by atoms with Crippen LogP contribution in [0.5, 0.6) is 0 Å².